The second-order valence-corrected chi connectivity index (χ2v) is 5.77. The highest BCUT2D eigenvalue weighted by molar-refractivity contribution is 9.10. The second kappa shape index (κ2) is 6.96. The van der Waals surface area contributed by atoms with Gasteiger partial charge < -0.3 is 10.6 Å². The van der Waals surface area contributed by atoms with Crippen LogP contribution in [0.3, 0.4) is 0 Å². The van der Waals surface area contributed by atoms with Crippen molar-refractivity contribution in [1.82, 2.24) is 10.6 Å². The maximum absolute atomic E-state index is 6.19. The molecule has 0 atom stereocenters. The van der Waals surface area contributed by atoms with E-state index in [-0.39, 0.29) is 0 Å². The first-order valence-corrected chi connectivity index (χ1v) is 7.42. The molecule has 3 nitrogen and oxygen atoms in total. The monoisotopic (exact) mass is 341 g/mol. The number of hydrogen-bond acceptors (Lipinski definition) is 1. The molecule has 2 N–H and O–H groups in total. The zero-order chi connectivity index (χ0) is 13.7. The van der Waals surface area contributed by atoms with Gasteiger partial charge in [0, 0.05) is 29.1 Å². The molecule has 0 amide bonds. The van der Waals surface area contributed by atoms with Gasteiger partial charge in [-0.05, 0) is 30.5 Å². The van der Waals surface area contributed by atoms with E-state index in [0.717, 1.165) is 33.9 Å². The Hall–Kier alpha value is -1.00. The van der Waals surface area contributed by atoms with Crippen LogP contribution in [0.25, 0.3) is 0 Å². The van der Waals surface area contributed by atoms with E-state index in [1.807, 2.05) is 18.2 Å². The lowest BCUT2D eigenvalue weighted by Gasteiger charge is -2.17. The van der Waals surface area contributed by atoms with E-state index in [0.29, 0.717) is 12.6 Å². The lowest BCUT2D eigenvalue weighted by Crippen LogP contribution is -2.42. The van der Waals surface area contributed by atoms with E-state index < -0.39 is 0 Å². The first-order chi connectivity index (χ1) is 9.19. The van der Waals surface area contributed by atoms with Crippen LogP contribution in [0.2, 0.25) is 5.02 Å². The van der Waals surface area contributed by atoms with E-state index in [1.54, 1.807) is 7.05 Å². The zero-order valence-electron chi connectivity index (χ0n) is 10.8. The molecule has 1 aromatic rings. The fourth-order valence-electron chi connectivity index (χ4n) is 1.97. The molecule has 5 heteroatoms. The van der Waals surface area contributed by atoms with Gasteiger partial charge in [-0.25, -0.2) is 0 Å². The quantitative estimate of drug-likeness (QED) is 0.501. The summed E-state index contributed by atoms with van der Waals surface area (Å²) in [5, 5.41) is 7.42. The maximum Gasteiger partial charge on any atom is 0.191 e. The van der Waals surface area contributed by atoms with Crippen molar-refractivity contribution in [1.29, 1.82) is 0 Å². The van der Waals surface area contributed by atoms with Gasteiger partial charge in [0.1, 0.15) is 0 Å². The van der Waals surface area contributed by atoms with Gasteiger partial charge in [0.15, 0.2) is 5.96 Å². The molecule has 1 aromatic carbocycles. The average molecular weight is 343 g/mol. The van der Waals surface area contributed by atoms with E-state index in [2.05, 4.69) is 43.7 Å². The molecule has 0 unspecified atom stereocenters. The van der Waals surface area contributed by atoms with Gasteiger partial charge in [-0.15, -0.1) is 0 Å². The molecule has 0 heterocycles. The standard InChI is InChI=1S/C14H17BrClN3/c1-17-14(19-12-4-2-3-5-12)18-9-10-6-7-11(15)8-13(10)16/h2-3,6-8,12H,4-5,9H2,1H3,(H2,17,18,19). The van der Waals surface area contributed by atoms with Gasteiger partial charge >= 0.3 is 0 Å². The van der Waals surface area contributed by atoms with Crippen LogP contribution in [0.15, 0.2) is 39.8 Å². The van der Waals surface area contributed by atoms with Crippen molar-refractivity contribution in [2.75, 3.05) is 7.05 Å². The molecule has 1 aliphatic rings. The van der Waals surface area contributed by atoms with Gasteiger partial charge in [0.05, 0.1) is 0 Å². The highest BCUT2D eigenvalue weighted by Crippen LogP contribution is 2.21. The maximum atomic E-state index is 6.19. The number of aliphatic imine (C=N–C) groups is 1. The molecule has 0 spiro atoms. The van der Waals surface area contributed by atoms with Crippen molar-refractivity contribution < 1.29 is 0 Å². The molecule has 0 bridgehead atoms. The molecule has 0 saturated carbocycles. The van der Waals surface area contributed by atoms with Crippen molar-refractivity contribution >= 4 is 33.5 Å². The summed E-state index contributed by atoms with van der Waals surface area (Å²) in [5.74, 6) is 0.813. The van der Waals surface area contributed by atoms with Crippen LogP contribution in [0, 0.1) is 0 Å². The van der Waals surface area contributed by atoms with Crippen LogP contribution in [-0.2, 0) is 6.54 Å². The van der Waals surface area contributed by atoms with Crippen LogP contribution in [-0.4, -0.2) is 19.0 Å². The molecule has 1 aliphatic carbocycles. The highest BCUT2D eigenvalue weighted by Gasteiger charge is 2.11. The summed E-state index contributed by atoms with van der Waals surface area (Å²) in [6, 6.07) is 6.34. The summed E-state index contributed by atoms with van der Waals surface area (Å²) in [5.41, 5.74) is 1.05. The Morgan fingerprint density at radius 3 is 2.79 bits per heavy atom. The van der Waals surface area contributed by atoms with E-state index in [4.69, 9.17) is 11.6 Å². The second-order valence-electron chi connectivity index (χ2n) is 4.45. The van der Waals surface area contributed by atoms with Gasteiger partial charge in [0.25, 0.3) is 0 Å². The minimum absolute atomic E-state index is 0.451. The Labute approximate surface area is 127 Å². The molecule has 0 fully saturated rings. The predicted octanol–water partition coefficient (Wildman–Crippen LogP) is 3.49. The van der Waals surface area contributed by atoms with Crippen molar-refractivity contribution in [3.8, 4) is 0 Å². The summed E-state index contributed by atoms with van der Waals surface area (Å²) in [4.78, 5) is 4.23. The first-order valence-electron chi connectivity index (χ1n) is 6.25. The van der Waals surface area contributed by atoms with Crippen molar-refractivity contribution in [3.63, 3.8) is 0 Å². The third-order valence-corrected chi connectivity index (χ3v) is 3.88. The van der Waals surface area contributed by atoms with Crippen LogP contribution in [0.5, 0.6) is 0 Å². The summed E-state index contributed by atoms with van der Waals surface area (Å²) in [6.45, 7) is 0.659. The van der Waals surface area contributed by atoms with E-state index in [9.17, 15) is 0 Å². The molecule has 0 saturated heterocycles. The molecule has 19 heavy (non-hydrogen) atoms. The molecular weight excluding hydrogens is 326 g/mol. The summed E-state index contributed by atoms with van der Waals surface area (Å²) < 4.78 is 0.987. The van der Waals surface area contributed by atoms with Gasteiger partial charge in [0.2, 0.25) is 0 Å². The molecule has 0 aromatic heterocycles. The predicted molar refractivity (Wildman–Crippen MR) is 84.6 cm³/mol. The average Bonchev–Trinajstić information content (AvgIpc) is 2.89. The number of guanidine groups is 1. The molecule has 2 rings (SSSR count). The number of nitrogens with zero attached hydrogens (tertiary/aromatic N) is 1. The normalized spacial score (nSPS) is 15.8. The third-order valence-electron chi connectivity index (χ3n) is 3.03. The summed E-state index contributed by atoms with van der Waals surface area (Å²) >= 11 is 9.59. The van der Waals surface area contributed by atoms with E-state index >= 15 is 0 Å². The number of rotatable bonds is 3. The van der Waals surface area contributed by atoms with Crippen LogP contribution < -0.4 is 10.6 Å². The van der Waals surface area contributed by atoms with Crippen LogP contribution in [0.1, 0.15) is 18.4 Å². The third kappa shape index (κ3) is 4.25. The van der Waals surface area contributed by atoms with Crippen molar-refractivity contribution in [3.05, 3.63) is 45.4 Å². The Morgan fingerprint density at radius 2 is 2.16 bits per heavy atom. The molecule has 0 aliphatic heterocycles. The Bertz CT molecular complexity index is 491. The summed E-state index contributed by atoms with van der Waals surface area (Å²) in [6.07, 6.45) is 6.49. The molecular formula is C14H17BrClN3. The Morgan fingerprint density at radius 1 is 1.42 bits per heavy atom. The zero-order valence-corrected chi connectivity index (χ0v) is 13.1. The number of benzene rings is 1. The number of halogens is 2. The highest BCUT2D eigenvalue weighted by atomic mass is 79.9. The SMILES string of the molecule is CN=C(NCc1ccc(Br)cc1Cl)NC1CC=CC1. The summed E-state index contributed by atoms with van der Waals surface area (Å²) in [7, 11) is 1.78. The smallest absolute Gasteiger partial charge is 0.191 e. The lowest BCUT2D eigenvalue weighted by atomic mass is 10.2. The van der Waals surface area contributed by atoms with Crippen molar-refractivity contribution in [2.45, 2.75) is 25.4 Å². The van der Waals surface area contributed by atoms with Gasteiger partial charge in [-0.3, -0.25) is 4.99 Å². The molecule has 102 valence electrons. The number of nitrogens with one attached hydrogen (secondary N) is 2. The first kappa shape index (κ1) is 14.4. The Kier molecular flexibility index (Phi) is 5.28. The number of hydrogen-bond donors (Lipinski definition) is 2. The fourth-order valence-corrected chi connectivity index (χ4v) is 2.71. The van der Waals surface area contributed by atoms with Gasteiger partial charge in [-0.1, -0.05) is 45.7 Å². The van der Waals surface area contributed by atoms with Crippen LogP contribution >= 0.6 is 27.5 Å². The van der Waals surface area contributed by atoms with Gasteiger partial charge in [-0.2, -0.15) is 0 Å². The lowest BCUT2D eigenvalue weighted by molar-refractivity contribution is 0.633. The van der Waals surface area contributed by atoms with Crippen molar-refractivity contribution in [2.24, 2.45) is 4.99 Å². The largest absolute Gasteiger partial charge is 0.353 e. The fraction of sp³-hybridized carbons (Fsp3) is 0.357. The minimum atomic E-state index is 0.451. The molecule has 0 radical (unpaired) electrons. The minimum Gasteiger partial charge on any atom is -0.353 e. The van der Waals surface area contributed by atoms with Crippen LogP contribution in [0.4, 0.5) is 0 Å². The Balaban J connectivity index is 1.89. The van der Waals surface area contributed by atoms with E-state index in [1.165, 1.54) is 0 Å². The topological polar surface area (TPSA) is 36.4 Å².